The molecule has 3 heterocycles. The van der Waals surface area contributed by atoms with E-state index in [1.165, 1.54) is 32.4 Å². The van der Waals surface area contributed by atoms with Crippen LogP contribution in [0.15, 0.2) is 33.3 Å². The number of hydrogen-bond acceptors (Lipinski definition) is 5. The first-order valence-electron chi connectivity index (χ1n) is 15.4. The molecule has 2 fully saturated rings. The molecule has 1 atom stereocenters. The number of rotatable bonds is 8. The zero-order valence-electron chi connectivity index (χ0n) is 25.4. The van der Waals surface area contributed by atoms with Gasteiger partial charge in [0.2, 0.25) is 11.8 Å². The summed E-state index contributed by atoms with van der Waals surface area (Å²) < 4.78 is 2.19. The fourth-order valence-electron chi connectivity index (χ4n) is 7.17. The van der Waals surface area contributed by atoms with Crippen LogP contribution in [0.4, 0.5) is 0 Å². The molecule has 2 saturated heterocycles. The van der Waals surface area contributed by atoms with Crippen LogP contribution in [0.2, 0.25) is 0 Å². The number of amides is 2. The third-order valence-electron chi connectivity index (χ3n) is 9.41. The predicted molar refractivity (Wildman–Crippen MR) is 167 cm³/mol. The average Bonchev–Trinajstić information content (AvgIpc) is 3.12. The fraction of sp³-hybridized carbons (Fsp3) is 0.576. The number of pyridine rings is 1. The topological polar surface area (TPSA) is 93.6 Å². The Morgan fingerprint density at radius 2 is 1.51 bits per heavy atom. The van der Waals surface area contributed by atoms with Crippen LogP contribution in [0, 0.1) is 18.8 Å². The van der Waals surface area contributed by atoms with Crippen molar-refractivity contribution in [3.63, 3.8) is 0 Å². The zero-order chi connectivity index (χ0) is 29.8. The number of benzene rings is 1. The standard InChI is InChI=1S/C33H41Br2N3O4.Na/c1-21-16-24-6-7-25-19-26(34)20-36-33(25)32(31(24)27(35)17-21)23-10-14-38(15-11-23)29(40)18-22-8-12-37(13-9-22)28(39)4-2-3-5-30(41)42;/h16-17,19-20,22-23,32H,2-15,18H2,1H3,(H,41,42);/q;+1/p-1/t32-;/m1./s1. The molecule has 2 aliphatic heterocycles. The van der Waals surface area contributed by atoms with E-state index in [-0.39, 0.29) is 53.7 Å². The number of aryl methyl sites for hydroxylation is 3. The molecule has 7 nitrogen and oxygen atoms in total. The summed E-state index contributed by atoms with van der Waals surface area (Å²) >= 11 is 7.55. The molecule has 0 unspecified atom stereocenters. The molecule has 0 spiro atoms. The monoisotopic (exact) mass is 723 g/mol. The maximum Gasteiger partial charge on any atom is 1.00 e. The summed E-state index contributed by atoms with van der Waals surface area (Å²) in [6.07, 6.45) is 9.48. The van der Waals surface area contributed by atoms with Crippen LogP contribution in [0.25, 0.3) is 0 Å². The fourth-order valence-corrected chi connectivity index (χ4v) is 8.41. The van der Waals surface area contributed by atoms with Crippen LogP contribution in [-0.4, -0.2) is 58.7 Å². The van der Waals surface area contributed by atoms with E-state index in [1.807, 2.05) is 11.1 Å². The Morgan fingerprint density at radius 1 is 0.884 bits per heavy atom. The number of hydrogen-bond donors (Lipinski definition) is 0. The van der Waals surface area contributed by atoms with Gasteiger partial charge < -0.3 is 19.7 Å². The molecule has 43 heavy (non-hydrogen) atoms. The van der Waals surface area contributed by atoms with E-state index in [1.54, 1.807) is 0 Å². The molecule has 1 aliphatic carbocycles. The van der Waals surface area contributed by atoms with Gasteiger partial charge in [0.1, 0.15) is 0 Å². The Bertz CT molecular complexity index is 1320. The van der Waals surface area contributed by atoms with Gasteiger partial charge in [0, 0.05) is 66.1 Å². The largest absolute Gasteiger partial charge is 1.00 e. The molecule has 5 rings (SSSR count). The van der Waals surface area contributed by atoms with Crippen molar-refractivity contribution in [3.05, 3.63) is 61.3 Å². The molecular formula is C33H40Br2N3NaO4. The maximum absolute atomic E-state index is 13.3. The number of aliphatic carboxylic acids is 1. The first-order valence-corrected chi connectivity index (χ1v) is 17.0. The van der Waals surface area contributed by atoms with E-state index in [2.05, 4.69) is 61.9 Å². The molecule has 0 N–H and O–H groups in total. The summed E-state index contributed by atoms with van der Waals surface area (Å²) in [6.45, 7) is 5.05. The number of carbonyl (C=O) groups excluding carboxylic acids is 3. The Hall–Kier alpha value is -1.26. The van der Waals surface area contributed by atoms with Crippen LogP contribution in [0.1, 0.15) is 91.7 Å². The van der Waals surface area contributed by atoms with Gasteiger partial charge >= 0.3 is 29.6 Å². The van der Waals surface area contributed by atoms with Crippen molar-refractivity contribution in [2.45, 2.75) is 83.5 Å². The van der Waals surface area contributed by atoms with E-state index in [9.17, 15) is 19.5 Å². The molecule has 1 aromatic heterocycles. The Balaban J connectivity index is 0.00000423. The number of fused-ring (bicyclic) bond motifs is 2. The minimum atomic E-state index is -1.06. The number of unbranched alkanes of at least 4 members (excludes halogenated alkanes) is 1. The quantitative estimate of drug-likeness (QED) is 0.308. The summed E-state index contributed by atoms with van der Waals surface area (Å²) in [5, 5.41) is 10.6. The molecular weight excluding hydrogens is 685 g/mol. The van der Waals surface area contributed by atoms with Gasteiger partial charge in [-0.3, -0.25) is 14.6 Å². The van der Waals surface area contributed by atoms with Crippen molar-refractivity contribution >= 4 is 49.6 Å². The van der Waals surface area contributed by atoms with E-state index in [0.29, 0.717) is 50.6 Å². The predicted octanol–water partition coefficient (Wildman–Crippen LogP) is 2.33. The van der Waals surface area contributed by atoms with Gasteiger partial charge in [-0.15, -0.1) is 0 Å². The van der Waals surface area contributed by atoms with Crippen molar-refractivity contribution in [2.24, 2.45) is 11.8 Å². The minimum absolute atomic E-state index is 0. The molecule has 0 radical (unpaired) electrons. The van der Waals surface area contributed by atoms with Gasteiger partial charge in [0.05, 0.1) is 5.69 Å². The Kier molecular flexibility index (Phi) is 12.7. The van der Waals surface area contributed by atoms with Crippen LogP contribution in [-0.2, 0) is 27.2 Å². The van der Waals surface area contributed by atoms with Gasteiger partial charge in [-0.2, -0.15) is 0 Å². The maximum atomic E-state index is 13.3. The first-order chi connectivity index (χ1) is 20.2. The number of carbonyl (C=O) groups is 3. The molecule has 2 amide bonds. The van der Waals surface area contributed by atoms with Crippen molar-refractivity contribution in [1.82, 2.24) is 14.8 Å². The number of piperidine rings is 2. The molecule has 1 aromatic carbocycles. The third-order valence-corrected chi connectivity index (χ3v) is 10.5. The Morgan fingerprint density at radius 3 is 2.21 bits per heavy atom. The molecule has 3 aliphatic rings. The molecule has 0 saturated carbocycles. The first kappa shape index (κ1) is 34.6. The minimum Gasteiger partial charge on any atom is -0.550 e. The summed E-state index contributed by atoms with van der Waals surface area (Å²) in [4.78, 5) is 45.3. The van der Waals surface area contributed by atoms with Gasteiger partial charge in [-0.1, -0.05) is 22.0 Å². The van der Waals surface area contributed by atoms with Crippen LogP contribution in [0.3, 0.4) is 0 Å². The number of carboxylic acids is 1. The number of halogens is 2. The van der Waals surface area contributed by atoms with Crippen molar-refractivity contribution in [2.75, 3.05) is 26.2 Å². The van der Waals surface area contributed by atoms with E-state index < -0.39 is 5.97 Å². The van der Waals surface area contributed by atoms with Gasteiger partial charge in [0.15, 0.2) is 0 Å². The molecule has 226 valence electrons. The van der Waals surface area contributed by atoms with E-state index in [4.69, 9.17) is 4.98 Å². The van der Waals surface area contributed by atoms with Crippen LogP contribution < -0.4 is 34.7 Å². The van der Waals surface area contributed by atoms with Crippen LogP contribution in [0.5, 0.6) is 0 Å². The normalized spacial score (nSPS) is 19.2. The Labute approximate surface area is 294 Å². The number of aromatic nitrogens is 1. The van der Waals surface area contributed by atoms with E-state index in [0.717, 1.165) is 56.1 Å². The van der Waals surface area contributed by atoms with Gasteiger partial charge in [-0.05, 0) is 127 Å². The second-order valence-corrected chi connectivity index (χ2v) is 14.1. The average molecular weight is 725 g/mol. The van der Waals surface area contributed by atoms with Gasteiger partial charge in [-0.25, -0.2) is 0 Å². The van der Waals surface area contributed by atoms with Crippen molar-refractivity contribution < 1.29 is 49.0 Å². The smallest absolute Gasteiger partial charge is 0.550 e. The van der Waals surface area contributed by atoms with Gasteiger partial charge in [0.25, 0.3) is 0 Å². The molecule has 10 heteroatoms. The van der Waals surface area contributed by atoms with E-state index >= 15 is 0 Å². The third kappa shape index (κ3) is 8.72. The second kappa shape index (κ2) is 15.8. The zero-order valence-corrected chi connectivity index (χ0v) is 30.6. The van der Waals surface area contributed by atoms with Crippen LogP contribution >= 0.6 is 31.9 Å². The summed E-state index contributed by atoms with van der Waals surface area (Å²) in [7, 11) is 0. The number of nitrogens with zero attached hydrogens (tertiary/aromatic N) is 3. The summed E-state index contributed by atoms with van der Waals surface area (Å²) in [5.41, 5.74) is 6.55. The molecule has 0 bridgehead atoms. The summed E-state index contributed by atoms with van der Waals surface area (Å²) in [6, 6.07) is 6.80. The number of carboxylic acid groups (broad SMARTS) is 1. The summed E-state index contributed by atoms with van der Waals surface area (Å²) in [5.74, 6) is 0.191. The second-order valence-electron chi connectivity index (χ2n) is 12.3. The molecule has 2 aromatic rings. The number of likely N-dealkylation sites (tertiary alicyclic amines) is 2. The van der Waals surface area contributed by atoms with Crippen molar-refractivity contribution in [1.29, 1.82) is 0 Å². The SMILES string of the molecule is Cc1cc(Br)c2c(c1)CCc1cc(Br)cnc1[C@@H]2C1CCN(C(=O)CC2CCN(C(=O)CCCCC(=O)[O-])CC2)CC1.[Na+]. The van der Waals surface area contributed by atoms with Crippen molar-refractivity contribution in [3.8, 4) is 0 Å².